The Morgan fingerprint density at radius 3 is 2.55 bits per heavy atom. The Balaban J connectivity index is 2.21. The molecule has 0 fully saturated rings. The van der Waals surface area contributed by atoms with Crippen LogP contribution in [0.2, 0.25) is 0 Å². The molecule has 0 aliphatic rings. The molecule has 5 heteroatoms. The molecule has 0 radical (unpaired) electrons. The van der Waals surface area contributed by atoms with Crippen LogP contribution in [0.5, 0.6) is 0 Å². The highest BCUT2D eigenvalue weighted by Crippen LogP contribution is 2.14. The number of aromatic nitrogens is 1. The first kappa shape index (κ1) is 14.0. The number of carboxylic acid groups (broad SMARTS) is 1. The average molecular weight is 275 g/mol. The third-order valence-corrected chi connectivity index (χ3v) is 3.07. The van der Waals surface area contributed by atoms with Crippen molar-refractivity contribution in [3.8, 4) is 0 Å². The Morgan fingerprint density at radius 1 is 1.20 bits per heavy atom. The quantitative estimate of drug-likeness (QED) is 0.910. The van der Waals surface area contributed by atoms with Crippen LogP contribution in [0.1, 0.15) is 18.0 Å². The van der Waals surface area contributed by atoms with E-state index in [0.717, 1.165) is 28.5 Å². The van der Waals surface area contributed by atoms with Gasteiger partial charge in [-0.3, -0.25) is 9.36 Å². The summed E-state index contributed by atoms with van der Waals surface area (Å²) in [6.45, 7) is 0. The van der Waals surface area contributed by atoms with Gasteiger partial charge < -0.3 is 5.11 Å². The Hall–Kier alpha value is -2.43. The number of hydrogen-bond acceptors (Lipinski definition) is 2. The third-order valence-electron chi connectivity index (χ3n) is 3.07. The first-order chi connectivity index (χ1) is 9.58. The molecule has 1 aromatic heterocycles. The second-order valence-electron chi connectivity index (χ2n) is 4.47. The zero-order chi connectivity index (χ0) is 14.5. The number of carboxylic acids is 1. The lowest BCUT2D eigenvalue weighted by Crippen LogP contribution is -2.29. The van der Waals surface area contributed by atoms with Crippen molar-refractivity contribution < 1.29 is 14.3 Å². The predicted molar refractivity (Wildman–Crippen MR) is 72.1 cm³/mol. The lowest BCUT2D eigenvalue weighted by molar-refractivity contribution is -0.141. The van der Waals surface area contributed by atoms with E-state index in [1.807, 2.05) is 30.3 Å². The highest BCUT2D eigenvalue weighted by molar-refractivity contribution is 5.71. The predicted octanol–water partition coefficient (Wildman–Crippen LogP) is 2.25. The van der Waals surface area contributed by atoms with Gasteiger partial charge in [-0.05, 0) is 24.5 Å². The van der Waals surface area contributed by atoms with Crippen molar-refractivity contribution in [1.29, 1.82) is 0 Å². The summed E-state index contributed by atoms with van der Waals surface area (Å²) < 4.78 is 14.1. The fraction of sp³-hybridized carbons (Fsp3) is 0.200. The van der Waals surface area contributed by atoms with Crippen LogP contribution < -0.4 is 5.56 Å². The molecule has 104 valence electrons. The third kappa shape index (κ3) is 3.32. The summed E-state index contributed by atoms with van der Waals surface area (Å²) in [5, 5.41) is 9.24. The van der Waals surface area contributed by atoms with E-state index in [9.17, 15) is 19.1 Å². The Bertz CT molecular complexity index is 652. The minimum Gasteiger partial charge on any atom is -0.480 e. The van der Waals surface area contributed by atoms with Crippen LogP contribution in [0.15, 0.2) is 53.5 Å². The SMILES string of the molecule is O=C(O)C(CCc1ccccc1)n1cc(F)ccc1=O. The maximum atomic E-state index is 13.2. The van der Waals surface area contributed by atoms with Gasteiger partial charge in [0.1, 0.15) is 11.9 Å². The van der Waals surface area contributed by atoms with E-state index < -0.39 is 23.4 Å². The number of nitrogens with zero attached hydrogens (tertiary/aromatic N) is 1. The van der Waals surface area contributed by atoms with E-state index in [4.69, 9.17) is 0 Å². The number of aryl methyl sites for hydroxylation is 1. The fourth-order valence-electron chi connectivity index (χ4n) is 2.05. The number of carbonyl (C=O) groups is 1. The van der Waals surface area contributed by atoms with E-state index in [1.165, 1.54) is 0 Å². The van der Waals surface area contributed by atoms with E-state index in [1.54, 1.807) is 0 Å². The molecule has 1 aromatic carbocycles. The Labute approximate surface area is 115 Å². The second kappa shape index (κ2) is 6.14. The maximum Gasteiger partial charge on any atom is 0.326 e. The molecule has 2 aromatic rings. The molecule has 2 rings (SSSR count). The van der Waals surface area contributed by atoms with Gasteiger partial charge in [-0.2, -0.15) is 0 Å². The Kier molecular flexibility index (Phi) is 4.30. The summed E-state index contributed by atoms with van der Waals surface area (Å²) in [6, 6.07) is 10.3. The number of rotatable bonds is 5. The monoisotopic (exact) mass is 275 g/mol. The summed E-state index contributed by atoms with van der Waals surface area (Å²) in [4.78, 5) is 23.0. The van der Waals surface area contributed by atoms with Crippen molar-refractivity contribution in [2.75, 3.05) is 0 Å². The van der Waals surface area contributed by atoms with Gasteiger partial charge in [0, 0.05) is 12.3 Å². The van der Waals surface area contributed by atoms with E-state index in [0.29, 0.717) is 6.42 Å². The average Bonchev–Trinajstić information content (AvgIpc) is 2.43. The van der Waals surface area contributed by atoms with Crippen LogP contribution in [-0.4, -0.2) is 15.6 Å². The van der Waals surface area contributed by atoms with E-state index >= 15 is 0 Å². The largest absolute Gasteiger partial charge is 0.480 e. The molecule has 0 amide bonds. The number of aliphatic carboxylic acids is 1. The molecule has 0 saturated carbocycles. The minimum atomic E-state index is -1.14. The summed E-state index contributed by atoms with van der Waals surface area (Å²) in [7, 11) is 0. The van der Waals surface area contributed by atoms with E-state index in [2.05, 4.69) is 0 Å². The molecule has 0 aliphatic carbocycles. The maximum absolute atomic E-state index is 13.2. The van der Waals surface area contributed by atoms with Crippen LogP contribution in [-0.2, 0) is 11.2 Å². The highest BCUT2D eigenvalue weighted by atomic mass is 19.1. The first-order valence-corrected chi connectivity index (χ1v) is 6.22. The lowest BCUT2D eigenvalue weighted by atomic mass is 10.1. The molecule has 1 N–H and O–H groups in total. The molecule has 4 nitrogen and oxygen atoms in total. The van der Waals surface area contributed by atoms with Gasteiger partial charge in [-0.25, -0.2) is 9.18 Å². The van der Waals surface area contributed by atoms with Crippen molar-refractivity contribution in [3.05, 3.63) is 70.4 Å². The smallest absolute Gasteiger partial charge is 0.326 e. The molecular weight excluding hydrogens is 261 g/mol. The van der Waals surface area contributed by atoms with Crippen molar-refractivity contribution in [2.24, 2.45) is 0 Å². The summed E-state index contributed by atoms with van der Waals surface area (Å²) in [5.41, 5.74) is 0.454. The number of halogens is 1. The molecule has 0 saturated heterocycles. The van der Waals surface area contributed by atoms with E-state index in [-0.39, 0.29) is 6.42 Å². The number of benzene rings is 1. The van der Waals surface area contributed by atoms with Crippen LogP contribution in [0.25, 0.3) is 0 Å². The molecule has 0 spiro atoms. The number of hydrogen-bond donors (Lipinski definition) is 1. The summed E-state index contributed by atoms with van der Waals surface area (Å²) in [6.07, 6.45) is 1.66. The minimum absolute atomic E-state index is 0.225. The fourth-order valence-corrected chi connectivity index (χ4v) is 2.05. The second-order valence-corrected chi connectivity index (χ2v) is 4.47. The van der Waals surface area contributed by atoms with Crippen LogP contribution >= 0.6 is 0 Å². The Morgan fingerprint density at radius 2 is 1.90 bits per heavy atom. The van der Waals surface area contributed by atoms with Crippen LogP contribution in [0, 0.1) is 5.82 Å². The molecule has 20 heavy (non-hydrogen) atoms. The molecular formula is C15H14FNO3. The summed E-state index contributed by atoms with van der Waals surface area (Å²) >= 11 is 0. The van der Waals surface area contributed by atoms with Crippen molar-refractivity contribution in [1.82, 2.24) is 4.57 Å². The van der Waals surface area contributed by atoms with Gasteiger partial charge in [0.25, 0.3) is 5.56 Å². The molecule has 1 atom stereocenters. The van der Waals surface area contributed by atoms with Gasteiger partial charge in [-0.15, -0.1) is 0 Å². The standard InChI is InChI=1S/C15H14FNO3/c16-12-7-9-14(18)17(10-12)13(15(19)20)8-6-11-4-2-1-3-5-11/h1-5,7,9-10,13H,6,8H2,(H,19,20). The normalized spacial score (nSPS) is 12.1. The molecule has 1 unspecified atom stereocenters. The van der Waals surface area contributed by atoms with Gasteiger partial charge in [-0.1, -0.05) is 30.3 Å². The number of pyridine rings is 1. The first-order valence-electron chi connectivity index (χ1n) is 6.22. The van der Waals surface area contributed by atoms with Gasteiger partial charge >= 0.3 is 5.97 Å². The summed E-state index contributed by atoms with van der Waals surface area (Å²) in [5.74, 6) is -1.77. The lowest BCUT2D eigenvalue weighted by Gasteiger charge is -2.15. The molecule has 1 heterocycles. The van der Waals surface area contributed by atoms with Crippen LogP contribution in [0.4, 0.5) is 4.39 Å². The van der Waals surface area contributed by atoms with Gasteiger partial charge in [0.15, 0.2) is 0 Å². The van der Waals surface area contributed by atoms with Crippen LogP contribution in [0.3, 0.4) is 0 Å². The van der Waals surface area contributed by atoms with Crippen molar-refractivity contribution in [2.45, 2.75) is 18.9 Å². The van der Waals surface area contributed by atoms with Crippen molar-refractivity contribution in [3.63, 3.8) is 0 Å². The topological polar surface area (TPSA) is 59.3 Å². The van der Waals surface area contributed by atoms with Crippen molar-refractivity contribution >= 4 is 5.97 Å². The zero-order valence-electron chi connectivity index (χ0n) is 10.7. The van der Waals surface area contributed by atoms with Gasteiger partial charge in [0.2, 0.25) is 0 Å². The molecule has 0 aliphatic heterocycles. The van der Waals surface area contributed by atoms with Gasteiger partial charge in [0.05, 0.1) is 0 Å². The zero-order valence-corrected chi connectivity index (χ0v) is 10.7. The highest BCUT2D eigenvalue weighted by Gasteiger charge is 2.20. The molecule has 0 bridgehead atoms.